The molecule has 0 atom stereocenters. The lowest BCUT2D eigenvalue weighted by Gasteiger charge is -2.19. The van der Waals surface area contributed by atoms with Gasteiger partial charge in [0, 0.05) is 12.3 Å². The summed E-state index contributed by atoms with van der Waals surface area (Å²) in [6, 6.07) is 1.66. The normalized spacial score (nSPS) is 10.7. The molecule has 8 heteroatoms. The lowest BCUT2D eigenvalue weighted by atomic mass is 10.2. The first-order chi connectivity index (χ1) is 8.40. The monoisotopic (exact) mass is 271 g/mol. The van der Waals surface area contributed by atoms with Crippen LogP contribution >= 0.6 is 11.9 Å². The predicted octanol–water partition coefficient (Wildman–Crippen LogP) is 2.02. The van der Waals surface area contributed by atoms with Gasteiger partial charge in [0.1, 0.15) is 23.6 Å². The van der Waals surface area contributed by atoms with Gasteiger partial charge >= 0.3 is 6.09 Å². The third kappa shape index (κ3) is 5.58. The molecule has 0 radical (unpaired) electrons. The molecule has 0 spiro atoms. The highest BCUT2D eigenvalue weighted by Crippen LogP contribution is 2.11. The van der Waals surface area contributed by atoms with Crippen molar-refractivity contribution < 1.29 is 9.53 Å². The number of hydrazine groups is 1. The molecule has 1 aromatic rings. The highest BCUT2D eigenvalue weighted by Gasteiger charge is 2.15. The molecule has 0 fully saturated rings. The second-order valence-corrected chi connectivity index (χ2v) is 4.96. The number of amides is 1. The smallest absolute Gasteiger partial charge is 0.426 e. The van der Waals surface area contributed by atoms with E-state index in [0.717, 1.165) is 0 Å². The van der Waals surface area contributed by atoms with Crippen molar-refractivity contribution in [2.24, 2.45) is 0 Å². The van der Waals surface area contributed by atoms with Gasteiger partial charge < -0.3 is 9.46 Å². The Labute approximate surface area is 110 Å². The van der Waals surface area contributed by atoms with Crippen molar-refractivity contribution >= 4 is 29.7 Å². The average molecular weight is 271 g/mol. The van der Waals surface area contributed by atoms with E-state index in [0.29, 0.717) is 11.6 Å². The van der Waals surface area contributed by atoms with E-state index in [4.69, 9.17) is 4.74 Å². The number of nitrogens with one attached hydrogen (secondary N) is 3. The average Bonchev–Trinajstić information content (AvgIpc) is 2.25. The van der Waals surface area contributed by atoms with Crippen LogP contribution < -0.4 is 15.6 Å². The molecule has 100 valence electrons. The number of rotatable bonds is 4. The largest absolute Gasteiger partial charge is 0.443 e. The molecule has 3 N–H and O–H groups in total. The summed E-state index contributed by atoms with van der Waals surface area (Å²) in [5.74, 6) is 1.11. The molecule has 0 aliphatic rings. The third-order valence-electron chi connectivity index (χ3n) is 1.57. The van der Waals surface area contributed by atoms with Gasteiger partial charge in [0.2, 0.25) is 0 Å². The Balaban J connectivity index is 2.48. The summed E-state index contributed by atoms with van der Waals surface area (Å²) in [5, 5.41) is 0. The number of ether oxygens (including phenoxy) is 1. The van der Waals surface area contributed by atoms with Crippen LogP contribution in [0.4, 0.5) is 16.4 Å². The van der Waals surface area contributed by atoms with Crippen molar-refractivity contribution in [2.75, 3.05) is 16.4 Å². The van der Waals surface area contributed by atoms with E-state index in [-0.39, 0.29) is 0 Å². The van der Waals surface area contributed by atoms with Gasteiger partial charge in [0.25, 0.3) is 0 Å². The first kappa shape index (κ1) is 14.4. The summed E-state index contributed by atoms with van der Waals surface area (Å²) in [6.45, 7) is 5.37. The molecule has 1 aromatic heterocycles. The van der Waals surface area contributed by atoms with Crippen molar-refractivity contribution in [3.05, 3.63) is 12.4 Å². The van der Waals surface area contributed by atoms with Crippen LogP contribution in [-0.4, -0.2) is 27.9 Å². The number of anilines is 2. The van der Waals surface area contributed by atoms with E-state index in [1.54, 1.807) is 26.8 Å². The molecule has 0 aromatic carbocycles. The van der Waals surface area contributed by atoms with Crippen LogP contribution in [0.1, 0.15) is 20.8 Å². The van der Waals surface area contributed by atoms with Crippen LogP contribution in [0.3, 0.4) is 0 Å². The number of carbonyl (C=O) groups excluding carboxylic acids is 1. The molecule has 0 unspecified atom stereocenters. The minimum atomic E-state index is -0.569. The number of hydrogen-bond donors (Lipinski definition) is 3. The fourth-order valence-electron chi connectivity index (χ4n) is 1.00. The van der Waals surface area contributed by atoms with Crippen molar-refractivity contribution in [1.82, 2.24) is 15.4 Å². The standard InChI is InChI=1S/C10H17N5O2S/c1-10(2,3)17-9(16)14-13-7-5-8(15-18-4)12-6-11-7/h5-6H,1-4H3,(H,14,16)(H2,11,12,13,15). The quantitative estimate of drug-likeness (QED) is 0.570. The van der Waals surface area contributed by atoms with Crippen LogP contribution in [0, 0.1) is 0 Å². The third-order valence-corrected chi connectivity index (χ3v) is 1.98. The van der Waals surface area contributed by atoms with Gasteiger partial charge in [-0.15, -0.1) is 0 Å². The summed E-state index contributed by atoms with van der Waals surface area (Å²) in [7, 11) is 0. The molecule has 0 aliphatic carbocycles. The van der Waals surface area contributed by atoms with E-state index < -0.39 is 11.7 Å². The fraction of sp³-hybridized carbons (Fsp3) is 0.500. The molecule has 18 heavy (non-hydrogen) atoms. The lowest BCUT2D eigenvalue weighted by molar-refractivity contribution is 0.0541. The van der Waals surface area contributed by atoms with Gasteiger partial charge in [-0.3, -0.25) is 5.43 Å². The number of aromatic nitrogens is 2. The SMILES string of the molecule is CSNc1cc(NNC(=O)OC(C)(C)C)ncn1. The Morgan fingerprint density at radius 2 is 2.00 bits per heavy atom. The predicted molar refractivity (Wildman–Crippen MR) is 72.2 cm³/mol. The molecular weight excluding hydrogens is 254 g/mol. The molecular formula is C10H17N5O2S. The molecule has 0 saturated carbocycles. The summed E-state index contributed by atoms with van der Waals surface area (Å²) in [6.07, 6.45) is 2.70. The highest BCUT2D eigenvalue weighted by atomic mass is 32.2. The number of hydrogen-bond acceptors (Lipinski definition) is 7. The van der Waals surface area contributed by atoms with E-state index in [1.165, 1.54) is 18.3 Å². The van der Waals surface area contributed by atoms with E-state index in [9.17, 15) is 4.79 Å². The minimum Gasteiger partial charge on any atom is -0.443 e. The number of carbonyl (C=O) groups is 1. The van der Waals surface area contributed by atoms with Crippen molar-refractivity contribution in [1.29, 1.82) is 0 Å². The van der Waals surface area contributed by atoms with Gasteiger partial charge in [-0.25, -0.2) is 20.2 Å². The second kappa shape index (κ2) is 6.29. The summed E-state index contributed by atoms with van der Waals surface area (Å²) >= 11 is 1.42. The van der Waals surface area contributed by atoms with Crippen LogP contribution in [-0.2, 0) is 4.74 Å². The van der Waals surface area contributed by atoms with E-state index in [2.05, 4.69) is 25.5 Å². The zero-order chi connectivity index (χ0) is 13.6. The van der Waals surface area contributed by atoms with Crippen LogP contribution in [0.25, 0.3) is 0 Å². The maximum absolute atomic E-state index is 11.4. The summed E-state index contributed by atoms with van der Waals surface area (Å²) in [4.78, 5) is 19.3. The van der Waals surface area contributed by atoms with Crippen molar-refractivity contribution in [2.45, 2.75) is 26.4 Å². The maximum Gasteiger partial charge on any atom is 0.426 e. The molecule has 1 amide bonds. The molecule has 1 rings (SSSR count). The summed E-state index contributed by atoms with van der Waals surface area (Å²) < 4.78 is 8.02. The first-order valence-corrected chi connectivity index (χ1v) is 6.49. The van der Waals surface area contributed by atoms with Gasteiger partial charge in [-0.05, 0) is 20.8 Å². The second-order valence-electron chi connectivity index (χ2n) is 4.35. The summed E-state index contributed by atoms with van der Waals surface area (Å²) in [5.41, 5.74) is 4.49. The van der Waals surface area contributed by atoms with Gasteiger partial charge in [-0.2, -0.15) is 0 Å². The Morgan fingerprint density at radius 1 is 1.33 bits per heavy atom. The van der Waals surface area contributed by atoms with Crippen LogP contribution in [0.15, 0.2) is 12.4 Å². The topological polar surface area (TPSA) is 88.2 Å². The van der Waals surface area contributed by atoms with Gasteiger partial charge in [-0.1, -0.05) is 11.9 Å². The van der Waals surface area contributed by atoms with E-state index >= 15 is 0 Å². The van der Waals surface area contributed by atoms with E-state index in [1.807, 2.05) is 6.26 Å². The molecule has 0 bridgehead atoms. The lowest BCUT2D eigenvalue weighted by Crippen LogP contribution is -2.36. The fourth-order valence-corrected chi connectivity index (χ4v) is 1.33. The zero-order valence-electron chi connectivity index (χ0n) is 10.8. The Kier molecular flexibility index (Phi) is 5.02. The molecule has 1 heterocycles. The minimum absolute atomic E-state index is 0.465. The zero-order valence-corrected chi connectivity index (χ0v) is 11.6. The molecule has 0 saturated heterocycles. The Morgan fingerprint density at radius 3 is 2.61 bits per heavy atom. The van der Waals surface area contributed by atoms with Gasteiger partial charge in [0.05, 0.1) is 0 Å². The maximum atomic E-state index is 11.4. The van der Waals surface area contributed by atoms with Crippen LogP contribution in [0.5, 0.6) is 0 Å². The number of nitrogens with zero attached hydrogens (tertiary/aromatic N) is 2. The Hall–Kier alpha value is -1.70. The molecule has 7 nitrogen and oxygen atoms in total. The van der Waals surface area contributed by atoms with Gasteiger partial charge in [0.15, 0.2) is 0 Å². The van der Waals surface area contributed by atoms with Crippen LogP contribution in [0.2, 0.25) is 0 Å². The van der Waals surface area contributed by atoms with Crippen molar-refractivity contribution in [3.63, 3.8) is 0 Å². The van der Waals surface area contributed by atoms with Crippen molar-refractivity contribution in [3.8, 4) is 0 Å². The first-order valence-electron chi connectivity index (χ1n) is 5.27. The Bertz CT molecular complexity index is 407. The molecule has 0 aliphatic heterocycles. The highest BCUT2D eigenvalue weighted by molar-refractivity contribution is 7.99.